The second-order valence-electron chi connectivity index (χ2n) is 7.27. The molecule has 0 aliphatic carbocycles. The molecule has 0 spiro atoms. The van der Waals surface area contributed by atoms with E-state index in [0.29, 0.717) is 28.3 Å². The van der Waals surface area contributed by atoms with Crippen molar-refractivity contribution in [2.75, 3.05) is 0 Å². The highest BCUT2D eigenvalue weighted by Crippen LogP contribution is 2.33. The molecule has 2 saturated heterocycles. The zero-order valence-electron chi connectivity index (χ0n) is 14.6. The fraction of sp³-hybridized carbons (Fsp3) is 0.474. The van der Waals surface area contributed by atoms with Gasteiger partial charge in [-0.1, -0.05) is 12.1 Å². The number of carbonyl (C=O) groups excluding carboxylic acids is 1. The number of nitrogens with one attached hydrogen (secondary N) is 2. The highest BCUT2D eigenvalue weighted by atomic mass is 32.1. The maximum absolute atomic E-state index is 12.9. The van der Waals surface area contributed by atoms with Crippen molar-refractivity contribution in [3.05, 3.63) is 40.9 Å². The molecule has 2 unspecified atom stereocenters. The van der Waals surface area contributed by atoms with Crippen LogP contribution in [0.4, 0.5) is 13.2 Å². The van der Waals surface area contributed by atoms with E-state index in [0.717, 1.165) is 25.0 Å². The summed E-state index contributed by atoms with van der Waals surface area (Å²) < 4.78 is 38.6. The zero-order chi connectivity index (χ0) is 19.0. The Morgan fingerprint density at radius 1 is 1.26 bits per heavy atom. The third kappa shape index (κ3) is 4.32. The first-order valence-electron chi connectivity index (χ1n) is 9.04. The molecular weight excluding hydrogens is 375 g/mol. The average Bonchev–Trinajstić information content (AvgIpc) is 3.20. The van der Waals surface area contributed by atoms with Gasteiger partial charge in [0.05, 0.1) is 17.7 Å². The topological polar surface area (TPSA) is 54.0 Å². The molecule has 27 heavy (non-hydrogen) atoms. The van der Waals surface area contributed by atoms with Gasteiger partial charge in [0.1, 0.15) is 5.01 Å². The smallest absolute Gasteiger partial charge is 0.353 e. The highest BCUT2D eigenvalue weighted by molar-refractivity contribution is 7.13. The fourth-order valence-corrected chi connectivity index (χ4v) is 4.78. The lowest BCUT2D eigenvalue weighted by atomic mass is 9.99. The number of amides is 1. The molecule has 1 aromatic heterocycles. The summed E-state index contributed by atoms with van der Waals surface area (Å²) in [5, 5.41) is 8.85. The first kappa shape index (κ1) is 18.4. The van der Waals surface area contributed by atoms with Crippen molar-refractivity contribution >= 4 is 17.2 Å². The first-order valence-corrected chi connectivity index (χ1v) is 9.92. The molecule has 2 aliphatic heterocycles. The van der Waals surface area contributed by atoms with E-state index in [-0.39, 0.29) is 18.4 Å². The van der Waals surface area contributed by atoms with Gasteiger partial charge in [-0.25, -0.2) is 4.98 Å². The number of fused-ring (bicyclic) bond motifs is 2. The minimum absolute atomic E-state index is 0.0813. The second kappa shape index (κ2) is 7.24. The number of piperidine rings is 1. The molecule has 8 heteroatoms. The van der Waals surface area contributed by atoms with Crippen LogP contribution in [0.15, 0.2) is 29.6 Å². The third-order valence-electron chi connectivity index (χ3n) is 5.17. The number of alkyl halides is 3. The van der Waals surface area contributed by atoms with Crippen LogP contribution < -0.4 is 10.6 Å². The Labute approximate surface area is 159 Å². The Kier molecular flexibility index (Phi) is 4.94. The predicted molar refractivity (Wildman–Crippen MR) is 97.4 cm³/mol. The molecule has 4 nitrogen and oxygen atoms in total. The summed E-state index contributed by atoms with van der Waals surface area (Å²) in [4.78, 5) is 16.7. The summed E-state index contributed by atoms with van der Waals surface area (Å²) in [5.74, 6) is -0.0813. The number of carbonyl (C=O) groups is 1. The van der Waals surface area contributed by atoms with Crippen molar-refractivity contribution in [3.8, 4) is 10.6 Å². The summed E-state index contributed by atoms with van der Waals surface area (Å²) in [6.45, 7) is 0. The van der Waals surface area contributed by atoms with Crippen molar-refractivity contribution in [2.45, 2.75) is 56.4 Å². The van der Waals surface area contributed by atoms with Gasteiger partial charge in [0, 0.05) is 29.1 Å². The zero-order valence-corrected chi connectivity index (χ0v) is 15.4. The molecule has 0 radical (unpaired) electrons. The van der Waals surface area contributed by atoms with Crippen molar-refractivity contribution in [3.63, 3.8) is 0 Å². The van der Waals surface area contributed by atoms with E-state index in [2.05, 4.69) is 15.6 Å². The maximum atomic E-state index is 12.9. The van der Waals surface area contributed by atoms with Crippen LogP contribution in [0.2, 0.25) is 0 Å². The molecule has 3 heterocycles. The van der Waals surface area contributed by atoms with Crippen LogP contribution in [-0.4, -0.2) is 29.0 Å². The summed E-state index contributed by atoms with van der Waals surface area (Å²) in [7, 11) is 0. The molecule has 1 aromatic carbocycles. The van der Waals surface area contributed by atoms with Gasteiger partial charge in [0.15, 0.2) is 0 Å². The number of benzene rings is 1. The number of rotatable bonds is 4. The molecule has 2 bridgehead atoms. The number of aromatic nitrogens is 1. The van der Waals surface area contributed by atoms with Crippen molar-refractivity contribution in [1.82, 2.24) is 15.6 Å². The molecule has 1 amide bonds. The monoisotopic (exact) mass is 395 g/mol. The van der Waals surface area contributed by atoms with E-state index >= 15 is 0 Å². The van der Waals surface area contributed by atoms with Crippen LogP contribution in [0.25, 0.3) is 10.6 Å². The number of thiazole rings is 1. The molecular formula is C19H20F3N3OS. The Morgan fingerprint density at radius 2 is 2.00 bits per heavy atom. The van der Waals surface area contributed by atoms with E-state index in [4.69, 9.17) is 0 Å². The van der Waals surface area contributed by atoms with E-state index in [9.17, 15) is 18.0 Å². The van der Waals surface area contributed by atoms with Crippen LogP contribution in [0, 0.1) is 0 Å². The Balaban J connectivity index is 1.39. The van der Waals surface area contributed by atoms with Gasteiger partial charge < -0.3 is 10.6 Å². The van der Waals surface area contributed by atoms with Gasteiger partial charge in [0.25, 0.3) is 0 Å². The summed E-state index contributed by atoms with van der Waals surface area (Å²) >= 11 is 1.25. The minimum atomic E-state index is -4.38. The molecule has 2 aromatic rings. The number of halogens is 3. The van der Waals surface area contributed by atoms with Crippen LogP contribution in [-0.2, 0) is 17.4 Å². The molecule has 4 rings (SSSR count). The van der Waals surface area contributed by atoms with Gasteiger partial charge in [0.2, 0.25) is 5.91 Å². The lowest BCUT2D eigenvalue weighted by molar-refractivity contribution is -0.137. The van der Waals surface area contributed by atoms with Crippen molar-refractivity contribution < 1.29 is 18.0 Å². The predicted octanol–water partition coefficient (Wildman–Crippen LogP) is 3.77. The molecule has 2 fully saturated rings. The van der Waals surface area contributed by atoms with Gasteiger partial charge >= 0.3 is 6.18 Å². The van der Waals surface area contributed by atoms with Crippen molar-refractivity contribution in [1.29, 1.82) is 0 Å². The quantitative estimate of drug-likeness (QED) is 0.829. The number of hydrogen-bond donors (Lipinski definition) is 2. The summed E-state index contributed by atoms with van der Waals surface area (Å²) in [6, 6.07) is 6.30. The van der Waals surface area contributed by atoms with Crippen LogP contribution in [0.5, 0.6) is 0 Å². The van der Waals surface area contributed by atoms with Crippen LogP contribution in [0.3, 0.4) is 0 Å². The van der Waals surface area contributed by atoms with Crippen molar-refractivity contribution in [2.24, 2.45) is 0 Å². The summed E-state index contributed by atoms with van der Waals surface area (Å²) in [6.07, 6.45) is 0.00943. The van der Waals surface area contributed by atoms with E-state index in [1.54, 1.807) is 11.4 Å². The fourth-order valence-electron chi connectivity index (χ4n) is 3.97. The molecule has 2 N–H and O–H groups in total. The standard InChI is InChI=1S/C19H20F3N3OS/c20-19(21,22)12-3-1-2-11(6-12)18-25-16(10-27-18)9-17(26)24-15-7-13-4-5-14(8-15)23-13/h1-3,6,10,13-15,23H,4-5,7-9H2,(H,24,26). The average molecular weight is 395 g/mol. The third-order valence-corrected chi connectivity index (χ3v) is 6.11. The van der Waals surface area contributed by atoms with Gasteiger partial charge in [-0.3, -0.25) is 4.79 Å². The van der Waals surface area contributed by atoms with E-state index < -0.39 is 11.7 Å². The second-order valence-corrected chi connectivity index (χ2v) is 8.13. The maximum Gasteiger partial charge on any atom is 0.416 e. The molecule has 0 saturated carbocycles. The van der Waals surface area contributed by atoms with E-state index in [1.165, 1.54) is 30.2 Å². The van der Waals surface area contributed by atoms with Crippen LogP contribution in [0.1, 0.15) is 36.9 Å². The van der Waals surface area contributed by atoms with Gasteiger partial charge in [-0.2, -0.15) is 13.2 Å². The minimum Gasteiger partial charge on any atom is -0.353 e. The Bertz CT molecular complexity index is 824. The van der Waals surface area contributed by atoms with E-state index in [1.807, 2.05) is 0 Å². The van der Waals surface area contributed by atoms with Gasteiger partial charge in [-0.05, 0) is 37.8 Å². The lowest BCUT2D eigenvalue weighted by Gasteiger charge is -2.29. The lowest BCUT2D eigenvalue weighted by Crippen LogP contribution is -2.48. The highest BCUT2D eigenvalue weighted by Gasteiger charge is 2.34. The number of nitrogens with zero attached hydrogens (tertiary/aromatic N) is 1. The molecule has 144 valence electrons. The number of hydrogen-bond acceptors (Lipinski definition) is 4. The first-order chi connectivity index (χ1) is 12.9. The molecule has 2 aliphatic rings. The van der Waals surface area contributed by atoms with Gasteiger partial charge in [-0.15, -0.1) is 11.3 Å². The Morgan fingerprint density at radius 3 is 2.70 bits per heavy atom. The normalized spacial score (nSPS) is 24.8. The molecule has 2 atom stereocenters. The Hall–Kier alpha value is -1.93. The largest absolute Gasteiger partial charge is 0.416 e. The van der Waals surface area contributed by atoms with Crippen LogP contribution >= 0.6 is 11.3 Å². The summed E-state index contributed by atoms with van der Waals surface area (Å²) in [5.41, 5.74) is 0.299. The SMILES string of the molecule is O=C(Cc1csc(-c2cccc(C(F)(F)F)c2)n1)NC1CC2CCC(C1)N2.